The van der Waals surface area contributed by atoms with Gasteiger partial charge in [-0.2, -0.15) is 13.2 Å². The molecule has 0 fully saturated rings. The first-order valence-corrected chi connectivity index (χ1v) is 10.3. The van der Waals surface area contributed by atoms with Crippen LogP contribution in [0.3, 0.4) is 0 Å². The lowest BCUT2D eigenvalue weighted by Crippen LogP contribution is -2.14. The van der Waals surface area contributed by atoms with Gasteiger partial charge in [0.25, 0.3) is 0 Å². The minimum Gasteiger partial charge on any atom is -0.493 e. The maximum absolute atomic E-state index is 13.1. The number of hydrogen-bond donors (Lipinski definition) is 1. The Bertz CT molecular complexity index is 1120. The normalized spacial score (nSPS) is 11.4. The summed E-state index contributed by atoms with van der Waals surface area (Å²) in [6.07, 6.45) is -1.94. The van der Waals surface area contributed by atoms with E-state index in [1.165, 1.54) is 31.4 Å². The molecule has 0 unspecified atom stereocenters. The van der Waals surface area contributed by atoms with Crippen LogP contribution in [0.1, 0.15) is 16.7 Å². The van der Waals surface area contributed by atoms with E-state index in [1.54, 1.807) is 12.1 Å². The fourth-order valence-corrected chi connectivity index (χ4v) is 3.47. The molecule has 1 amide bonds. The Morgan fingerprint density at radius 2 is 1.75 bits per heavy atom. The molecule has 166 valence electrons. The van der Waals surface area contributed by atoms with Crippen LogP contribution < -0.4 is 14.8 Å². The first-order valence-electron chi connectivity index (χ1n) is 9.47. The molecule has 0 aliphatic heterocycles. The molecule has 32 heavy (non-hydrogen) atoms. The number of carbonyl (C=O) groups excluding carboxylic acids is 1. The summed E-state index contributed by atoms with van der Waals surface area (Å²) in [5.74, 6) is 0.246. The van der Waals surface area contributed by atoms with Crippen molar-refractivity contribution in [3.05, 3.63) is 94.0 Å². The summed E-state index contributed by atoms with van der Waals surface area (Å²) in [4.78, 5) is 12.2. The number of anilines is 1. The van der Waals surface area contributed by atoms with Crippen molar-refractivity contribution < 1.29 is 27.4 Å². The van der Waals surface area contributed by atoms with E-state index in [0.717, 1.165) is 17.7 Å². The first-order chi connectivity index (χ1) is 15.3. The number of alkyl halides is 3. The highest BCUT2D eigenvalue weighted by Gasteiger charge is 2.33. The van der Waals surface area contributed by atoms with Crippen molar-refractivity contribution in [1.82, 2.24) is 0 Å². The number of hydrogen-bond acceptors (Lipinski definition) is 3. The number of amides is 1. The van der Waals surface area contributed by atoms with E-state index in [2.05, 4.69) is 21.2 Å². The highest BCUT2D eigenvalue weighted by atomic mass is 79.9. The van der Waals surface area contributed by atoms with Crippen LogP contribution in [0.15, 0.2) is 77.3 Å². The highest BCUT2D eigenvalue weighted by Crippen LogP contribution is 2.38. The number of carbonyl (C=O) groups is 1. The number of para-hydroxylation sites is 1. The summed E-state index contributed by atoms with van der Waals surface area (Å²) in [6, 6.07) is 17.8. The maximum Gasteiger partial charge on any atom is 0.418 e. The number of ether oxygens (including phenoxy) is 2. The molecule has 1 N–H and O–H groups in total. The second-order valence-corrected chi connectivity index (χ2v) is 7.53. The lowest BCUT2D eigenvalue weighted by Gasteiger charge is -2.14. The number of nitrogens with one attached hydrogen (secondary N) is 1. The standard InChI is InChI=1S/C24H19BrF3NO3/c1-31-21-14-17(13-19(25)23(21)32-15-16-7-3-2-4-8-16)11-12-22(30)29-20-10-6-5-9-18(20)24(26,27)28/h2-14H,15H2,1H3,(H,29,30)/b12-11+. The SMILES string of the molecule is COc1cc(/C=C/C(=O)Nc2ccccc2C(F)(F)F)cc(Br)c1OCc1ccccc1. The van der Waals surface area contributed by atoms with Gasteiger partial charge >= 0.3 is 6.18 Å². The van der Waals surface area contributed by atoms with Gasteiger partial charge in [0.1, 0.15) is 6.61 Å². The predicted octanol–water partition coefficient (Wildman–Crippen LogP) is 6.71. The van der Waals surface area contributed by atoms with Crippen LogP contribution in [0.4, 0.5) is 18.9 Å². The smallest absolute Gasteiger partial charge is 0.418 e. The molecule has 0 saturated carbocycles. The summed E-state index contributed by atoms with van der Waals surface area (Å²) in [7, 11) is 1.49. The van der Waals surface area contributed by atoms with Crippen molar-refractivity contribution in [2.75, 3.05) is 12.4 Å². The van der Waals surface area contributed by atoms with E-state index in [4.69, 9.17) is 9.47 Å². The summed E-state index contributed by atoms with van der Waals surface area (Å²) in [6.45, 7) is 0.339. The summed E-state index contributed by atoms with van der Waals surface area (Å²) in [5.41, 5.74) is 0.366. The minimum absolute atomic E-state index is 0.307. The van der Waals surface area contributed by atoms with E-state index in [1.807, 2.05) is 30.3 Å². The Morgan fingerprint density at radius 3 is 2.44 bits per heavy atom. The summed E-state index contributed by atoms with van der Waals surface area (Å²) >= 11 is 3.44. The van der Waals surface area contributed by atoms with Gasteiger partial charge in [0.15, 0.2) is 11.5 Å². The molecule has 0 radical (unpaired) electrons. The van der Waals surface area contributed by atoms with Crippen molar-refractivity contribution in [2.24, 2.45) is 0 Å². The Morgan fingerprint density at radius 1 is 1.06 bits per heavy atom. The van der Waals surface area contributed by atoms with Crippen molar-refractivity contribution in [1.29, 1.82) is 0 Å². The van der Waals surface area contributed by atoms with Gasteiger partial charge in [0.2, 0.25) is 5.91 Å². The molecule has 0 saturated heterocycles. The van der Waals surface area contributed by atoms with E-state index < -0.39 is 17.6 Å². The zero-order chi connectivity index (χ0) is 23.1. The van der Waals surface area contributed by atoms with Crippen LogP contribution in [0.5, 0.6) is 11.5 Å². The molecule has 3 rings (SSSR count). The largest absolute Gasteiger partial charge is 0.493 e. The molecule has 0 bridgehead atoms. The van der Waals surface area contributed by atoms with Crippen molar-refractivity contribution in [2.45, 2.75) is 12.8 Å². The molecule has 0 aromatic heterocycles. The van der Waals surface area contributed by atoms with Gasteiger partial charge in [-0.05, 0) is 57.4 Å². The quantitative estimate of drug-likeness (QED) is 0.363. The van der Waals surface area contributed by atoms with Gasteiger partial charge in [0.05, 0.1) is 22.8 Å². The monoisotopic (exact) mass is 505 g/mol. The Balaban J connectivity index is 1.73. The Labute approximate surface area is 191 Å². The zero-order valence-corrected chi connectivity index (χ0v) is 18.5. The third-order valence-electron chi connectivity index (χ3n) is 4.40. The third kappa shape index (κ3) is 6.13. The lowest BCUT2D eigenvalue weighted by atomic mass is 10.1. The van der Waals surface area contributed by atoms with Gasteiger partial charge in [-0.3, -0.25) is 4.79 Å². The molecule has 0 atom stereocenters. The molecule has 4 nitrogen and oxygen atoms in total. The molecular weight excluding hydrogens is 487 g/mol. The van der Waals surface area contributed by atoms with Gasteiger partial charge < -0.3 is 14.8 Å². The minimum atomic E-state index is -4.57. The number of benzene rings is 3. The van der Waals surface area contributed by atoms with E-state index in [-0.39, 0.29) is 5.69 Å². The van der Waals surface area contributed by atoms with Crippen molar-refractivity contribution in [3.8, 4) is 11.5 Å². The highest BCUT2D eigenvalue weighted by molar-refractivity contribution is 9.10. The lowest BCUT2D eigenvalue weighted by molar-refractivity contribution is -0.136. The van der Waals surface area contributed by atoms with E-state index in [9.17, 15) is 18.0 Å². The van der Waals surface area contributed by atoms with Crippen LogP contribution in [-0.2, 0) is 17.6 Å². The third-order valence-corrected chi connectivity index (χ3v) is 4.98. The van der Waals surface area contributed by atoms with Gasteiger partial charge in [-0.1, -0.05) is 42.5 Å². The van der Waals surface area contributed by atoms with Crippen LogP contribution in [0.25, 0.3) is 6.08 Å². The van der Waals surface area contributed by atoms with Crippen LogP contribution in [-0.4, -0.2) is 13.0 Å². The molecule has 0 aliphatic carbocycles. The fourth-order valence-electron chi connectivity index (χ4n) is 2.89. The molecule has 0 aliphatic rings. The average Bonchev–Trinajstić information content (AvgIpc) is 2.77. The topological polar surface area (TPSA) is 47.6 Å². The van der Waals surface area contributed by atoms with Crippen LogP contribution >= 0.6 is 15.9 Å². The summed E-state index contributed by atoms with van der Waals surface area (Å²) < 4.78 is 51.1. The Hall–Kier alpha value is -3.26. The molecule has 0 heterocycles. The first kappa shape index (κ1) is 23.4. The van der Waals surface area contributed by atoms with Crippen LogP contribution in [0.2, 0.25) is 0 Å². The predicted molar refractivity (Wildman–Crippen MR) is 121 cm³/mol. The van der Waals surface area contributed by atoms with Crippen molar-refractivity contribution in [3.63, 3.8) is 0 Å². The molecule has 8 heteroatoms. The molecule has 3 aromatic rings. The fraction of sp³-hybridized carbons (Fsp3) is 0.125. The van der Waals surface area contributed by atoms with Gasteiger partial charge in [-0.15, -0.1) is 0 Å². The second-order valence-electron chi connectivity index (χ2n) is 6.67. The van der Waals surface area contributed by atoms with Crippen LogP contribution in [0, 0.1) is 0 Å². The molecule has 0 spiro atoms. The maximum atomic E-state index is 13.1. The number of methoxy groups -OCH3 is 1. The van der Waals surface area contributed by atoms with Gasteiger partial charge in [0, 0.05) is 6.08 Å². The number of rotatable bonds is 7. The van der Waals surface area contributed by atoms with E-state index in [0.29, 0.717) is 28.1 Å². The zero-order valence-electron chi connectivity index (χ0n) is 16.9. The second kappa shape index (κ2) is 10.4. The molecule has 3 aromatic carbocycles. The average molecular weight is 506 g/mol. The molecular formula is C24H19BrF3NO3. The van der Waals surface area contributed by atoms with Gasteiger partial charge in [-0.25, -0.2) is 0 Å². The van der Waals surface area contributed by atoms with Crippen molar-refractivity contribution >= 4 is 33.6 Å². The van der Waals surface area contributed by atoms with E-state index >= 15 is 0 Å². The Kier molecular flexibility index (Phi) is 7.58. The summed E-state index contributed by atoms with van der Waals surface area (Å²) in [5, 5.41) is 2.27. The number of halogens is 4.